The van der Waals surface area contributed by atoms with Crippen LogP contribution in [0.5, 0.6) is 0 Å². The molecule has 0 saturated heterocycles. The SMILES string of the molecule is CNCCCc1cn(Cc2ccc(Cl)s2)c2ccccc12. The standard InChI is InChI=1S/C17H19ClN2S/c1-19-10-4-5-13-11-20(12-14-8-9-17(18)21-14)16-7-3-2-6-15(13)16/h2-3,6-9,11,19H,4-5,10,12H2,1H3. The molecule has 0 unspecified atom stereocenters. The van der Waals surface area contributed by atoms with Gasteiger partial charge in [-0.1, -0.05) is 29.8 Å². The number of hydrogen-bond acceptors (Lipinski definition) is 2. The van der Waals surface area contributed by atoms with Crippen LogP contribution in [0.25, 0.3) is 10.9 Å². The molecule has 2 nitrogen and oxygen atoms in total. The van der Waals surface area contributed by atoms with Gasteiger partial charge in [0.1, 0.15) is 0 Å². The lowest BCUT2D eigenvalue weighted by Gasteiger charge is -2.02. The van der Waals surface area contributed by atoms with Gasteiger partial charge in [0.25, 0.3) is 0 Å². The summed E-state index contributed by atoms with van der Waals surface area (Å²) in [6.07, 6.45) is 4.57. The zero-order chi connectivity index (χ0) is 14.7. The van der Waals surface area contributed by atoms with Gasteiger partial charge in [-0.3, -0.25) is 0 Å². The van der Waals surface area contributed by atoms with Gasteiger partial charge in [0.2, 0.25) is 0 Å². The topological polar surface area (TPSA) is 17.0 Å². The number of benzene rings is 1. The molecule has 3 aromatic rings. The van der Waals surface area contributed by atoms with Gasteiger partial charge in [-0.05, 0) is 50.2 Å². The van der Waals surface area contributed by atoms with Crippen LogP contribution in [0.3, 0.4) is 0 Å². The van der Waals surface area contributed by atoms with E-state index in [9.17, 15) is 0 Å². The predicted molar refractivity (Wildman–Crippen MR) is 92.6 cm³/mol. The zero-order valence-electron chi connectivity index (χ0n) is 12.1. The fourth-order valence-electron chi connectivity index (χ4n) is 2.71. The van der Waals surface area contributed by atoms with Crippen LogP contribution in [0.4, 0.5) is 0 Å². The number of hydrogen-bond donors (Lipinski definition) is 1. The van der Waals surface area contributed by atoms with E-state index >= 15 is 0 Å². The Morgan fingerprint density at radius 2 is 2.05 bits per heavy atom. The van der Waals surface area contributed by atoms with Crippen molar-refractivity contribution in [2.75, 3.05) is 13.6 Å². The Morgan fingerprint density at radius 3 is 2.81 bits per heavy atom. The van der Waals surface area contributed by atoms with Crippen molar-refractivity contribution >= 4 is 33.8 Å². The molecule has 0 atom stereocenters. The highest BCUT2D eigenvalue weighted by molar-refractivity contribution is 7.16. The van der Waals surface area contributed by atoms with E-state index in [4.69, 9.17) is 11.6 Å². The Hall–Kier alpha value is -1.29. The molecule has 0 aliphatic heterocycles. The highest BCUT2D eigenvalue weighted by Gasteiger charge is 2.09. The van der Waals surface area contributed by atoms with Crippen LogP contribution in [0.15, 0.2) is 42.6 Å². The molecule has 0 radical (unpaired) electrons. The molecule has 1 aromatic carbocycles. The van der Waals surface area contributed by atoms with Crippen LogP contribution >= 0.6 is 22.9 Å². The Kier molecular flexibility index (Phi) is 4.63. The fraction of sp³-hybridized carbons (Fsp3) is 0.294. The lowest BCUT2D eigenvalue weighted by atomic mass is 10.1. The van der Waals surface area contributed by atoms with E-state index < -0.39 is 0 Å². The van der Waals surface area contributed by atoms with Gasteiger partial charge in [-0.2, -0.15) is 0 Å². The van der Waals surface area contributed by atoms with Gasteiger partial charge < -0.3 is 9.88 Å². The highest BCUT2D eigenvalue weighted by atomic mass is 35.5. The molecule has 0 amide bonds. The first-order valence-electron chi connectivity index (χ1n) is 7.23. The number of para-hydroxylation sites is 1. The van der Waals surface area contributed by atoms with Gasteiger partial charge in [0.05, 0.1) is 10.9 Å². The molecule has 21 heavy (non-hydrogen) atoms. The summed E-state index contributed by atoms with van der Waals surface area (Å²) in [5, 5.41) is 4.59. The smallest absolute Gasteiger partial charge is 0.0931 e. The lowest BCUT2D eigenvalue weighted by Crippen LogP contribution is -2.08. The van der Waals surface area contributed by atoms with Gasteiger partial charge in [-0.25, -0.2) is 0 Å². The molecular formula is C17H19ClN2S. The zero-order valence-corrected chi connectivity index (χ0v) is 13.7. The average molecular weight is 319 g/mol. The third-order valence-electron chi connectivity index (χ3n) is 3.70. The lowest BCUT2D eigenvalue weighted by molar-refractivity contribution is 0.723. The van der Waals surface area contributed by atoms with Crippen molar-refractivity contribution in [1.82, 2.24) is 9.88 Å². The summed E-state index contributed by atoms with van der Waals surface area (Å²) in [7, 11) is 2.00. The van der Waals surface area contributed by atoms with Crippen LogP contribution in [-0.2, 0) is 13.0 Å². The number of aryl methyl sites for hydroxylation is 1. The minimum absolute atomic E-state index is 0.857. The summed E-state index contributed by atoms with van der Waals surface area (Å²) in [5.41, 5.74) is 2.74. The van der Waals surface area contributed by atoms with Crippen LogP contribution in [0, 0.1) is 0 Å². The Labute approximate surface area is 134 Å². The second-order valence-electron chi connectivity index (χ2n) is 5.21. The number of fused-ring (bicyclic) bond motifs is 1. The molecule has 0 fully saturated rings. The predicted octanol–water partition coefficient (Wildman–Crippen LogP) is 4.56. The first kappa shape index (κ1) is 14.6. The molecule has 3 rings (SSSR count). The van der Waals surface area contributed by atoms with E-state index in [1.807, 2.05) is 13.1 Å². The Bertz CT molecular complexity index is 729. The summed E-state index contributed by atoms with van der Waals surface area (Å²) in [6, 6.07) is 12.7. The molecule has 0 saturated carbocycles. The number of nitrogens with zero attached hydrogens (tertiary/aromatic N) is 1. The van der Waals surface area contributed by atoms with E-state index in [0.717, 1.165) is 30.3 Å². The molecule has 110 valence electrons. The minimum atomic E-state index is 0.857. The van der Waals surface area contributed by atoms with Gasteiger partial charge in [-0.15, -0.1) is 11.3 Å². The quantitative estimate of drug-likeness (QED) is 0.659. The molecule has 4 heteroatoms. The molecule has 0 spiro atoms. The van der Waals surface area contributed by atoms with E-state index in [-0.39, 0.29) is 0 Å². The normalized spacial score (nSPS) is 11.3. The molecule has 0 aliphatic carbocycles. The maximum Gasteiger partial charge on any atom is 0.0931 e. The van der Waals surface area contributed by atoms with Gasteiger partial charge >= 0.3 is 0 Å². The first-order valence-corrected chi connectivity index (χ1v) is 8.43. The molecule has 2 aromatic heterocycles. The third kappa shape index (κ3) is 3.31. The minimum Gasteiger partial charge on any atom is -0.342 e. The molecule has 2 heterocycles. The Morgan fingerprint density at radius 1 is 1.19 bits per heavy atom. The third-order valence-corrected chi connectivity index (χ3v) is 4.91. The fourth-order valence-corrected chi connectivity index (χ4v) is 3.80. The van der Waals surface area contributed by atoms with Gasteiger partial charge in [0, 0.05) is 22.0 Å². The largest absolute Gasteiger partial charge is 0.342 e. The van der Waals surface area contributed by atoms with Crippen molar-refractivity contribution in [2.24, 2.45) is 0 Å². The molecule has 1 N–H and O–H groups in total. The maximum absolute atomic E-state index is 6.04. The average Bonchev–Trinajstić information content (AvgIpc) is 3.05. The maximum atomic E-state index is 6.04. The van der Waals surface area contributed by atoms with Crippen molar-refractivity contribution in [1.29, 1.82) is 0 Å². The summed E-state index contributed by atoms with van der Waals surface area (Å²) < 4.78 is 3.20. The molecule has 0 bridgehead atoms. The van der Waals surface area contributed by atoms with Crippen LogP contribution in [0.1, 0.15) is 16.9 Å². The summed E-state index contributed by atoms with van der Waals surface area (Å²) in [6.45, 7) is 1.95. The van der Waals surface area contributed by atoms with Crippen molar-refractivity contribution in [3.8, 4) is 0 Å². The monoisotopic (exact) mass is 318 g/mol. The number of rotatable bonds is 6. The first-order chi connectivity index (χ1) is 10.3. The number of aromatic nitrogens is 1. The van der Waals surface area contributed by atoms with E-state index in [1.54, 1.807) is 11.3 Å². The second-order valence-corrected chi connectivity index (χ2v) is 7.01. The van der Waals surface area contributed by atoms with E-state index in [2.05, 4.69) is 46.4 Å². The summed E-state index contributed by atoms with van der Waals surface area (Å²) >= 11 is 7.69. The molecular weight excluding hydrogens is 300 g/mol. The number of thiophene rings is 1. The van der Waals surface area contributed by atoms with Crippen molar-refractivity contribution in [3.63, 3.8) is 0 Å². The second kappa shape index (κ2) is 6.65. The summed E-state index contributed by atoms with van der Waals surface area (Å²) in [5.74, 6) is 0. The summed E-state index contributed by atoms with van der Waals surface area (Å²) in [4.78, 5) is 1.29. The number of halogens is 1. The van der Waals surface area contributed by atoms with Crippen molar-refractivity contribution in [3.05, 3.63) is 57.4 Å². The molecule has 0 aliphatic rings. The number of nitrogens with one attached hydrogen (secondary N) is 1. The Balaban J connectivity index is 1.90. The van der Waals surface area contributed by atoms with Crippen LogP contribution in [-0.4, -0.2) is 18.2 Å². The van der Waals surface area contributed by atoms with Crippen molar-refractivity contribution in [2.45, 2.75) is 19.4 Å². The van der Waals surface area contributed by atoms with E-state index in [1.165, 1.54) is 21.3 Å². The van der Waals surface area contributed by atoms with Crippen LogP contribution in [0.2, 0.25) is 4.34 Å². The van der Waals surface area contributed by atoms with E-state index in [0.29, 0.717) is 0 Å². The highest BCUT2D eigenvalue weighted by Crippen LogP contribution is 2.26. The van der Waals surface area contributed by atoms with Gasteiger partial charge in [0.15, 0.2) is 0 Å². The van der Waals surface area contributed by atoms with Crippen LogP contribution < -0.4 is 5.32 Å². The van der Waals surface area contributed by atoms with Crippen molar-refractivity contribution < 1.29 is 0 Å².